The maximum absolute atomic E-state index is 14.0. The number of halogens is 4. The molecule has 0 unspecified atom stereocenters. The van der Waals surface area contributed by atoms with Crippen molar-refractivity contribution >= 4 is 41.0 Å². The third-order valence-corrected chi connectivity index (χ3v) is 4.99. The zero-order valence-corrected chi connectivity index (χ0v) is 17.7. The fourth-order valence-electron chi connectivity index (χ4n) is 2.64. The Labute approximate surface area is 182 Å². The normalized spacial score (nSPS) is 11.0. The summed E-state index contributed by atoms with van der Waals surface area (Å²) in [6, 6.07) is 8.73. The molecule has 2 N–H and O–H groups in total. The van der Waals surface area contributed by atoms with Crippen molar-refractivity contribution in [3.63, 3.8) is 0 Å². The zero-order valence-electron chi connectivity index (χ0n) is 16.2. The quantitative estimate of drug-likeness (QED) is 0.502. The molecule has 0 spiro atoms. The van der Waals surface area contributed by atoms with Gasteiger partial charge in [-0.3, -0.25) is 4.79 Å². The Morgan fingerprint density at radius 2 is 1.53 bits per heavy atom. The number of hydrogen-bond acceptors (Lipinski definition) is 5. The monoisotopic (exact) mass is 453 g/mol. The highest BCUT2D eigenvalue weighted by Crippen LogP contribution is 2.22. The molecule has 1 aromatic heterocycles. The van der Waals surface area contributed by atoms with Crippen LogP contribution >= 0.6 is 23.2 Å². The number of carbonyl (C=O) groups is 1. The van der Waals surface area contributed by atoms with E-state index in [2.05, 4.69) is 20.7 Å². The minimum atomic E-state index is -0.483. The summed E-state index contributed by atoms with van der Waals surface area (Å²) in [5.41, 5.74) is 0.483. The second kappa shape index (κ2) is 9.40. The summed E-state index contributed by atoms with van der Waals surface area (Å²) < 4.78 is 29.1. The molecule has 10 heteroatoms. The molecule has 3 rings (SSSR count). The molecule has 6 nitrogen and oxygen atoms in total. The summed E-state index contributed by atoms with van der Waals surface area (Å²) in [5, 5.41) is 10.4. The lowest BCUT2D eigenvalue weighted by Gasteiger charge is -2.10. The van der Waals surface area contributed by atoms with Gasteiger partial charge >= 0.3 is 0 Å². The summed E-state index contributed by atoms with van der Waals surface area (Å²) in [4.78, 5) is 16.8. The third kappa shape index (κ3) is 4.88. The van der Waals surface area contributed by atoms with Crippen LogP contribution in [0.1, 0.15) is 29.8 Å². The largest absolute Gasteiger partial charge is 0.350 e. The van der Waals surface area contributed by atoms with Crippen molar-refractivity contribution in [1.82, 2.24) is 14.8 Å². The highest BCUT2D eigenvalue weighted by Gasteiger charge is 2.20. The van der Waals surface area contributed by atoms with Gasteiger partial charge in [-0.1, -0.05) is 49.2 Å². The Kier molecular flexibility index (Phi) is 6.89. The summed E-state index contributed by atoms with van der Waals surface area (Å²) in [7, 11) is 0. The van der Waals surface area contributed by atoms with Crippen LogP contribution < -0.4 is 10.6 Å². The lowest BCUT2D eigenvalue weighted by Crippen LogP contribution is -2.21. The first kappa shape index (κ1) is 22.0. The second-order valence-corrected chi connectivity index (χ2v) is 7.59. The molecular formula is C20H19Cl2F2N5O. The van der Waals surface area contributed by atoms with Gasteiger partial charge < -0.3 is 10.6 Å². The predicted octanol–water partition coefficient (Wildman–Crippen LogP) is 5.38. The smallest absolute Gasteiger partial charge is 0.252 e. The van der Waals surface area contributed by atoms with E-state index in [-0.39, 0.29) is 58.0 Å². The molecule has 0 atom stereocenters. The second-order valence-electron chi connectivity index (χ2n) is 6.77. The third-order valence-electron chi connectivity index (χ3n) is 4.28. The molecule has 0 amide bonds. The van der Waals surface area contributed by atoms with Crippen molar-refractivity contribution < 1.29 is 13.6 Å². The molecule has 0 radical (unpaired) electrons. The van der Waals surface area contributed by atoms with E-state index < -0.39 is 11.6 Å². The van der Waals surface area contributed by atoms with Gasteiger partial charge in [0.1, 0.15) is 11.6 Å². The molecule has 0 saturated carbocycles. The Hall–Kier alpha value is -2.71. The predicted molar refractivity (Wildman–Crippen MR) is 113 cm³/mol. The molecule has 158 valence electrons. The van der Waals surface area contributed by atoms with Crippen LogP contribution in [0.4, 0.5) is 20.7 Å². The summed E-state index contributed by atoms with van der Waals surface area (Å²) in [5.74, 6) is -1.44. The summed E-state index contributed by atoms with van der Waals surface area (Å²) >= 11 is 12.1. The van der Waals surface area contributed by atoms with Gasteiger partial charge in [0.25, 0.3) is 5.91 Å². The van der Waals surface area contributed by atoms with Crippen LogP contribution in [0.5, 0.6) is 0 Å². The minimum Gasteiger partial charge on any atom is -0.350 e. The average Bonchev–Trinajstić information content (AvgIpc) is 3.09. The fraction of sp³-hybridized carbons (Fsp3) is 0.250. The average molecular weight is 454 g/mol. The van der Waals surface area contributed by atoms with Crippen LogP contribution in [-0.2, 0) is 13.1 Å². The van der Waals surface area contributed by atoms with E-state index in [1.54, 1.807) is 26.0 Å². The van der Waals surface area contributed by atoms with Crippen LogP contribution in [-0.4, -0.2) is 20.7 Å². The van der Waals surface area contributed by atoms with E-state index >= 15 is 0 Å². The van der Waals surface area contributed by atoms with E-state index in [0.717, 1.165) is 4.68 Å². The number of aromatic nitrogens is 3. The number of benzene rings is 2. The Bertz CT molecular complexity index is 1030. The first-order chi connectivity index (χ1) is 14.3. The molecule has 0 fully saturated rings. The Balaban J connectivity index is 1.83. The fourth-order valence-corrected chi connectivity index (χ4v) is 3.10. The highest BCUT2D eigenvalue weighted by molar-refractivity contribution is 6.31. The number of hydrogen-bond donors (Lipinski definition) is 2. The Morgan fingerprint density at radius 3 is 2.03 bits per heavy atom. The first-order valence-corrected chi connectivity index (χ1v) is 9.88. The summed E-state index contributed by atoms with van der Waals surface area (Å²) in [6.07, 6.45) is 0. The van der Waals surface area contributed by atoms with Gasteiger partial charge in [0.15, 0.2) is 0 Å². The zero-order chi connectivity index (χ0) is 21.8. The van der Waals surface area contributed by atoms with Crippen molar-refractivity contribution in [2.75, 3.05) is 10.6 Å². The van der Waals surface area contributed by atoms with Crippen molar-refractivity contribution in [1.29, 1.82) is 0 Å². The van der Waals surface area contributed by atoms with Gasteiger partial charge in [0, 0.05) is 40.2 Å². The molecule has 3 aromatic rings. The molecule has 1 heterocycles. The molecule has 0 aliphatic rings. The van der Waals surface area contributed by atoms with Crippen LogP contribution in [0.3, 0.4) is 0 Å². The van der Waals surface area contributed by atoms with Gasteiger partial charge in [-0.2, -0.15) is 9.67 Å². The Morgan fingerprint density at radius 1 is 1.00 bits per heavy atom. The first-order valence-electron chi connectivity index (χ1n) is 9.12. The minimum absolute atomic E-state index is 0.00580. The number of nitrogens with zero attached hydrogens (tertiary/aromatic N) is 3. The number of rotatable bonds is 7. The lowest BCUT2D eigenvalue weighted by molar-refractivity contribution is 0.0841. The molecule has 0 saturated heterocycles. The maximum atomic E-state index is 14.0. The highest BCUT2D eigenvalue weighted by atomic mass is 35.5. The van der Waals surface area contributed by atoms with E-state index in [0.29, 0.717) is 0 Å². The van der Waals surface area contributed by atoms with Crippen LogP contribution in [0.2, 0.25) is 10.0 Å². The standard InChI is InChI=1S/C20H19Cl2F2N5O/c1-11(2)18(30)29-20(26-10-13-15(22)6-4-8-17(13)24)27-19(28-29)25-9-12-14(21)5-3-7-16(12)23/h3-8,11H,9-10H2,1-2H3,(H2,25,26,27,28). The molecular weight excluding hydrogens is 435 g/mol. The maximum Gasteiger partial charge on any atom is 0.252 e. The molecule has 0 aliphatic heterocycles. The van der Waals surface area contributed by atoms with Crippen molar-refractivity contribution in [3.05, 3.63) is 69.2 Å². The topological polar surface area (TPSA) is 71.8 Å². The SMILES string of the molecule is CC(C)C(=O)n1nc(NCc2c(F)cccc2Cl)nc1NCc1c(F)cccc1Cl. The molecule has 2 aromatic carbocycles. The molecule has 30 heavy (non-hydrogen) atoms. The van der Waals surface area contributed by atoms with E-state index in [4.69, 9.17) is 23.2 Å². The molecule has 0 bridgehead atoms. The molecule has 0 aliphatic carbocycles. The van der Waals surface area contributed by atoms with Crippen LogP contribution in [0.15, 0.2) is 36.4 Å². The number of anilines is 2. The lowest BCUT2D eigenvalue weighted by atomic mass is 10.2. The van der Waals surface area contributed by atoms with Gasteiger partial charge in [0.05, 0.1) is 0 Å². The van der Waals surface area contributed by atoms with Crippen LogP contribution in [0, 0.1) is 17.6 Å². The van der Waals surface area contributed by atoms with Crippen LogP contribution in [0.25, 0.3) is 0 Å². The van der Waals surface area contributed by atoms with Gasteiger partial charge in [-0.15, -0.1) is 5.10 Å². The van der Waals surface area contributed by atoms with Gasteiger partial charge in [0.2, 0.25) is 11.9 Å². The van der Waals surface area contributed by atoms with E-state index in [1.807, 2.05) is 0 Å². The van der Waals surface area contributed by atoms with Crippen molar-refractivity contribution in [3.8, 4) is 0 Å². The van der Waals surface area contributed by atoms with Gasteiger partial charge in [-0.05, 0) is 24.3 Å². The van der Waals surface area contributed by atoms with E-state index in [9.17, 15) is 13.6 Å². The number of carbonyl (C=O) groups excluding carboxylic acids is 1. The van der Waals surface area contributed by atoms with Crippen molar-refractivity contribution in [2.24, 2.45) is 5.92 Å². The van der Waals surface area contributed by atoms with Crippen molar-refractivity contribution in [2.45, 2.75) is 26.9 Å². The van der Waals surface area contributed by atoms with Gasteiger partial charge in [-0.25, -0.2) is 8.78 Å². The number of nitrogens with one attached hydrogen (secondary N) is 2. The van der Waals surface area contributed by atoms with E-state index in [1.165, 1.54) is 24.3 Å². The summed E-state index contributed by atoms with van der Waals surface area (Å²) in [6.45, 7) is 3.44.